The minimum absolute atomic E-state index is 0.149. The fourth-order valence-corrected chi connectivity index (χ4v) is 3.36. The topological polar surface area (TPSA) is 64.6 Å². The lowest BCUT2D eigenvalue weighted by Crippen LogP contribution is -2.45. The molecule has 0 atom stereocenters. The van der Waals surface area contributed by atoms with Gasteiger partial charge in [0.05, 0.1) is 12.2 Å². The van der Waals surface area contributed by atoms with Crippen molar-refractivity contribution in [2.24, 2.45) is 0 Å². The zero-order valence-electron chi connectivity index (χ0n) is 14.4. The fourth-order valence-electron chi connectivity index (χ4n) is 3.36. The molecular weight excluding hydrogens is 304 g/mol. The molecule has 1 aliphatic carbocycles. The second-order valence-electron chi connectivity index (χ2n) is 7.23. The highest BCUT2D eigenvalue weighted by Crippen LogP contribution is 2.21. The van der Waals surface area contributed by atoms with Crippen LogP contribution in [0.3, 0.4) is 0 Å². The molecule has 2 fully saturated rings. The molecule has 1 N–H and O–H groups in total. The first-order valence-electron chi connectivity index (χ1n) is 8.97. The number of piperazine rings is 1. The van der Waals surface area contributed by atoms with Crippen LogP contribution in [0.4, 0.5) is 5.95 Å². The lowest BCUT2D eigenvalue weighted by Gasteiger charge is -2.33. The van der Waals surface area contributed by atoms with E-state index in [9.17, 15) is 4.79 Å². The summed E-state index contributed by atoms with van der Waals surface area (Å²) < 4.78 is 0. The van der Waals surface area contributed by atoms with Gasteiger partial charge in [-0.2, -0.15) is 0 Å². The molecule has 3 heterocycles. The van der Waals surface area contributed by atoms with Gasteiger partial charge in [-0.25, -0.2) is 9.97 Å². The van der Waals surface area contributed by atoms with Crippen LogP contribution in [0.1, 0.15) is 24.1 Å². The predicted octanol–water partition coefficient (Wildman–Crippen LogP) is -0.135. The van der Waals surface area contributed by atoms with Gasteiger partial charge in [-0.05, 0) is 19.9 Å². The summed E-state index contributed by atoms with van der Waals surface area (Å²) in [6.45, 7) is 6.25. The number of nitrogens with one attached hydrogen (secondary N) is 1. The average Bonchev–Trinajstić information content (AvgIpc) is 3.39. The Labute approximate surface area is 143 Å². The van der Waals surface area contributed by atoms with Gasteiger partial charge in [0, 0.05) is 63.5 Å². The van der Waals surface area contributed by atoms with Crippen LogP contribution in [0.2, 0.25) is 0 Å². The molecule has 130 valence electrons. The summed E-state index contributed by atoms with van der Waals surface area (Å²) in [6.07, 6.45) is 5.13. The van der Waals surface area contributed by atoms with Crippen molar-refractivity contribution in [2.45, 2.75) is 31.8 Å². The maximum atomic E-state index is 12.0. The Morgan fingerprint density at radius 2 is 2.04 bits per heavy atom. The van der Waals surface area contributed by atoms with Gasteiger partial charge in [-0.15, -0.1) is 0 Å². The number of carbonyl (C=O) groups excluding carboxylic acids is 1. The molecule has 0 radical (unpaired) electrons. The normalized spacial score (nSPS) is 22.3. The Bertz CT molecular complexity index is 609. The number of likely N-dealkylation sites (N-methyl/N-ethyl adjacent to an activating group) is 1. The number of hydrogen-bond acceptors (Lipinski definition) is 6. The molecule has 1 aromatic heterocycles. The molecule has 0 bridgehead atoms. The second kappa shape index (κ2) is 6.64. The molecule has 0 spiro atoms. The number of fused-ring (bicyclic) bond motifs is 1. The Balaban J connectivity index is 1.37. The zero-order valence-corrected chi connectivity index (χ0v) is 14.4. The summed E-state index contributed by atoms with van der Waals surface area (Å²) in [7, 11) is 2.15. The molecule has 3 aliphatic rings. The van der Waals surface area contributed by atoms with Crippen LogP contribution in [0.15, 0.2) is 6.20 Å². The number of aromatic nitrogens is 2. The Morgan fingerprint density at radius 1 is 1.25 bits per heavy atom. The highest BCUT2D eigenvalue weighted by Gasteiger charge is 2.26. The van der Waals surface area contributed by atoms with Gasteiger partial charge < -0.3 is 15.1 Å². The highest BCUT2D eigenvalue weighted by molar-refractivity contribution is 5.78. The summed E-state index contributed by atoms with van der Waals surface area (Å²) in [5.41, 5.74) is 2.32. The van der Waals surface area contributed by atoms with Crippen LogP contribution in [0, 0.1) is 0 Å². The van der Waals surface area contributed by atoms with Crippen molar-refractivity contribution in [1.82, 2.24) is 25.1 Å². The maximum absolute atomic E-state index is 12.0. The molecule has 0 unspecified atom stereocenters. The number of nitrogens with zero attached hydrogens (tertiary/aromatic N) is 5. The third-order valence-electron chi connectivity index (χ3n) is 5.10. The first kappa shape index (κ1) is 15.8. The van der Waals surface area contributed by atoms with E-state index in [1.54, 1.807) is 0 Å². The van der Waals surface area contributed by atoms with E-state index in [1.165, 1.54) is 5.56 Å². The van der Waals surface area contributed by atoms with Crippen LogP contribution in [-0.4, -0.2) is 78.0 Å². The van der Waals surface area contributed by atoms with Crippen molar-refractivity contribution >= 4 is 11.9 Å². The van der Waals surface area contributed by atoms with Gasteiger partial charge in [0.2, 0.25) is 11.9 Å². The first-order valence-corrected chi connectivity index (χ1v) is 8.97. The fraction of sp³-hybridized carbons (Fsp3) is 0.706. The van der Waals surface area contributed by atoms with E-state index in [1.807, 2.05) is 6.20 Å². The summed E-state index contributed by atoms with van der Waals surface area (Å²) >= 11 is 0. The van der Waals surface area contributed by atoms with Crippen LogP contribution in [-0.2, 0) is 17.8 Å². The van der Waals surface area contributed by atoms with E-state index in [4.69, 9.17) is 4.98 Å². The standard InChI is InChI=1S/C17H26N6O/c1-21-6-8-23(9-7-21)17-18-10-13-11-22(5-4-15(13)20-17)12-16(24)19-14-2-3-14/h10,14H,2-9,11-12H2,1H3,(H,19,24). The van der Waals surface area contributed by atoms with E-state index < -0.39 is 0 Å². The van der Waals surface area contributed by atoms with Crippen molar-refractivity contribution in [2.75, 3.05) is 51.2 Å². The van der Waals surface area contributed by atoms with Crippen LogP contribution in [0.5, 0.6) is 0 Å². The average molecular weight is 330 g/mol. The molecule has 4 rings (SSSR count). The monoisotopic (exact) mass is 330 g/mol. The zero-order chi connectivity index (χ0) is 16.5. The largest absolute Gasteiger partial charge is 0.352 e. The molecule has 1 amide bonds. The predicted molar refractivity (Wildman–Crippen MR) is 91.9 cm³/mol. The molecule has 7 heteroatoms. The third-order valence-corrected chi connectivity index (χ3v) is 5.10. The Kier molecular flexibility index (Phi) is 4.37. The summed E-state index contributed by atoms with van der Waals surface area (Å²) in [5.74, 6) is 1.01. The van der Waals surface area contributed by atoms with E-state index in [0.717, 1.165) is 70.2 Å². The van der Waals surface area contributed by atoms with E-state index >= 15 is 0 Å². The minimum Gasteiger partial charge on any atom is -0.352 e. The van der Waals surface area contributed by atoms with E-state index in [0.29, 0.717) is 12.6 Å². The van der Waals surface area contributed by atoms with Gasteiger partial charge in [0.15, 0.2) is 0 Å². The van der Waals surface area contributed by atoms with Crippen molar-refractivity contribution in [3.63, 3.8) is 0 Å². The molecule has 24 heavy (non-hydrogen) atoms. The molecule has 1 aromatic rings. The minimum atomic E-state index is 0.149. The lowest BCUT2D eigenvalue weighted by atomic mass is 10.1. The number of rotatable bonds is 4. The number of hydrogen-bond donors (Lipinski definition) is 1. The second-order valence-corrected chi connectivity index (χ2v) is 7.23. The van der Waals surface area contributed by atoms with E-state index in [-0.39, 0.29) is 5.91 Å². The molecule has 2 aliphatic heterocycles. The lowest BCUT2D eigenvalue weighted by molar-refractivity contribution is -0.122. The molecule has 0 aromatic carbocycles. The first-order chi connectivity index (χ1) is 11.7. The van der Waals surface area contributed by atoms with Gasteiger partial charge in [0.25, 0.3) is 0 Å². The SMILES string of the molecule is CN1CCN(c2ncc3c(n2)CCN(CC(=O)NC2CC2)C3)CC1. The van der Waals surface area contributed by atoms with Crippen molar-refractivity contribution in [3.05, 3.63) is 17.5 Å². The molecule has 1 saturated heterocycles. The summed E-state index contributed by atoms with van der Waals surface area (Å²) in [4.78, 5) is 28.2. The van der Waals surface area contributed by atoms with Crippen molar-refractivity contribution < 1.29 is 4.79 Å². The van der Waals surface area contributed by atoms with Crippen LogP contribution in [0.25, 0.3) is 0 Å². The summed E-state index contributed by atoms with van der Waals surface area (Å²) in [5, 5.41) is 3.06. The Morgan fingerprint density at radius 3 is 2.79 bits per heavy atom. The van der Waals surface area contributed by atoms with Crippen molar-refractivity contribution in [3.8, 4) is 0 Å². The summed E-state index contributed by atoms with van der Waals surface area (Å²) in [6, 6.07) is 0.434. The molecule has 7 nitrogen and oxygen atoms in total. The van der Waals surface area contributed by atoms with Crippen LogP contribution >= 0.6 is 0 Å². The quantitative estimate of drug-likeness (QED) is 0.829. The highest BCUT2D eigenvalue weighted by atomic mass is 16.2. The molecular formula is C17H26N6O. The molecule has 1 saturated carbocycles. The number of amides is 1. The smallest absolute Gasteiger partial charge is 0.234 e. The van der Waals surface area contributed by atoms with Gasteiger partial charge in [0.1, 0.15) is 0 Å². The maximum Gasteiger partial charge on any atom is 0.234 e. The van der Waals surface area contributed by atoms with Gasteiger partial charge >= 0.3 is 0 Å². The van der Waals surface area contributed by atoms with E-state index in [2.05, 4.69) is 32.0 Å². The Hall–Kier alpha value is -1.73. The number of anilines is 1. The van der Waals surface area contributed by atoms with Crippen LogP contribution < -0.4 is 10.2 Å². The number of carbonyl (C=O) groups is 1. The third kappa shape index (κ3) is 3.67. The van der Waals surface area contributed by atoms with Gasteiger partial charge in [-0.3, -0.25) is 9.69 Å². The van der Waals surface area contributed by atoms with Gasteiger partial charge in [-0.1, -0.05) is 0 Å². The van der Waals surface area contributed by atoms with Crippen molar-refractivity contribution in [1.29, 1.82) is 0 Å².